The van der Waals surface area contributed by atoms with Crippen LogP contribution in [0.25, 0.3) is 0 Å². The van der Waals surface area contributed by atoms with Crippen molar-refractivity contribution in [1.29, 1.82) is 0 Å². The van der Waals surface area contributed by atoms with E-state index < -0.39 is 28.0 Å². The Bertz CT molecular complexity index is 1560. The predicted molar refractivity (Wildman–Crippen MR) is 152 cm³/mol. The van der Waals surface area contributed by atoms with Gasteiger partial charge in [0.05, 0.1) is 10.9 Å². The molecule has 5 rings (SSSR count). The number of sulfonamides is 1. The molecule has 0 spiro atoms. The summed E-state index contributed by atoms with van der Waals surface area (Å²) in [6.45, 7) is 4.01. The molecule has 2 atom stereocenters. The van der Waals surface area contributed by atoms with Gasteiger partial charge in [0, 0.05) is 5.70 Å². The van der Waals surface area contributed by atoms with Gasteiger partial charge in [-0.1, -0.05) is 114 Å². The first kappa shape index (κ1) is 26.4. The van der Waals surface area contributed by atoms with E-state index in [0.29, 0.717) is 17.7 Å². The molecule has 4 aromatic rings. The molecule has 0 bridgehead atoms. The van der Waals surface area contributed by atoms with Crippen LogP contribution in [0.2, 0.25) is 0 Å². The highest BCUT2D eigenvalue weighted by Gasteiger charge is 2.43. The molecule has 0 fully saturated rings. The molecule has 0 saturated heterocycles. The van der Waals surface area contributed by atoms with E-state index in [1.165, 1.54) is 4.31 Å². The Morgan fingerprint density at radius 3 is 2.00 bits per heavy atom. The Hall–Kier alpha value is -4.16. The molecule has 0 radical (unpaired) electrons. The van der Waals surface area contributed by atoms with Crippen molar-refractivity contribution in [3.05, 3.63) is 149 Å². The first-order chi connectivity index (χ1) is 18.8. The molecule has 1 aliphatic heterocycles. The molecule has 39 heavy (non-hydrogen) atoms. The van der Waals surface area contributed by atoms with Crippen LogP contribution in [0.4, 0.5) is 0 Å². The Morgan fingerprint density at radius 1 is 0.821 bits per heavy atom. The second-order valence-corrected chi connectivity index (χ2v) is 11.7. The summed E-state index contributed by atoms with van der Waals surface area (Å²) in [6.07, 6.45) is 2.32. The van der Waals surface area contributed by atoms with E-state index in [1.54, 1.807) is 24.3 Å². The molecule has 0 unspecified atom stereocenters. The summed E-state index contributed by atoms with van der Waals surface area (Å²) in [4.78, 5) is 13.9. The Balaban J connectivity index is 1.58. The van der Waals surface area contributed by atoms with E-state index in [0.717, 1.165) is 22.3 Å². The van der Waals surface area contributed by atoms with E-state index in [2.05, 4.69) is 0 Å². The zero-order chi connectivity index (χ0) is 27.4. The molecular formula is C33H31NO4S. The van der Waals surface area contributed by atoms with Gasteiger partial charge in [-0.25, -0.2) is 8.42 Å². The molecule has 0 aromatic heterocycles. The van der Waals surface area contributed by atoms with Gasteiger partial charge < -0.3 is 4.74 Å². The van der Waals surface area contributed by atoms with Gasteiger partial charge >= 0.3 is 5.97 Å². The van der Waals surface area contributed by atoms with Crippen molar-refractivity contribution in [2.45, 2.75) is 43.7 Å². The van der Waals surface area contributed by atoms with Crippen molar-refractivity contribution < 1.29 is 17.9 Å². The number of carbonyl (C=O) groups is 1. The van der Waals surface area contributed by atoms with Gasteiger partial charge in [-0.3, -0.25) is 9.10 Å². The minimum absolute atomic E-state index is 0.0996. The number of rotatable bonds is 8. The lowest BCUT2D eigenvalue weighted by molar-refractivity contribution is -0.146. The van der Waals surface area contributed by atoms with E-state index in [4.69, 9.17) is 4.74 Å². The topological polar surface area (TPSA) is 63.7 Å². The summed E-state index contributed by atoms with van der Waals surface area (Å²) in [5, 5.41) is 0. The molecule has 1 aliphatic rings. The van der Waals surface area contributed by atoms with E-state index >= 15 is 0 Å². The predicted octanol–water partition coefficient (Wildman–Crippen LogP) is 6.85. The Morgan fingerprint density at radius 2 is 1.38 bits per heavy atom. The molecule has 0 amide bonds. The van der Waals surface area contributed by atoms with Crippen LogP contribution in [0.15, 0.2) is 126 Å². The number of carbonyl (C=O) groups excluding carboxylic acids is 1. The molecular weight excluding hydrogens is 506 g/mol. The van der Waals surface area contributed by atoms with Crippen LogP contribution in [0.3, 0.4) is 0 Å². The fourth-order valence-corrected chi connectivity index (χ4v) is 6.63. The molecule has 0 aliphatic carbocycles. The lowest BCUT2D eigenvalue weighted by Gasteiger charge is -2.32. The van der Waals surface area contributed by atoms with Gasteiger partial charge in [0.25, 0.3) is 10.0 Å². The largest absolute Gasteiger partial charge is 0.460 e. The van der Waals surface area contributed by atoms with Gasteiger partial charge in [-0.05, 0) is 49.1 Å². The SMILES string of the molecule is Cc1ccc([C@@H]2CC=C([C@@H](C(=O)OCc3ccccc3)c3ccccc3)N2S(=O)(=O)c2ccc(C)cc2)cc1. The lowest BCUT2D eigenvalue weighted by Crippen LogP contribution is -2.35. The number of ether oxygens (including phenoxy) is 1. The smallest absolute Gasteiger partial charge is 0.319 e. The maximum absolute atomic E-state index is 14.3. The first-order valence-electron chi connectivity index (χ1n) is 13.0. The zero-order valence-electron chi connectivity index (χ0n) is 22.0. The van der Waals surface area contributed by atoms with Crippen LogP contribution in [-0.2, 0) is 26.2 Å². The van der Waals surface area contributed by atoms with Crippen molar-refractivity contribution in [3.8, 4) is 0 Å². The monoisotopic (exact) mass is 537 g/mol. The summed E-state index contributed by atoms with van der Waals surface area (Å²) in [7, 11) is -4.01. The second-order valence-electron chi connectivity index (χ2n) is 9.84. The maximum Gasteiger partial charge on any atom is 0.319 e. The number of esters is 1. The van der Waals surface area contributed by atoms with Gasteiger partial charge in [-0.15, -0.1) is 0 Å². The highest BCUT2D eigenvalue weighted by molar-refractivity contribution is 7.89. The van der Waals surface area contributed by atoms with Crippen LogP contribution >= 0.6 is 0 Å². The number of benzene rings is 4. The van der Waals surface area contributed by atoms with Crippen molar-refractivity contribution >= 4 is 16.0 Å². The maximum atomic E-state index is 14.3. The number of nitrogens with zero attached hydrogens (tertiary/aromatic N) is 1. The first-order valence-corrected chi connectivity index (χ1v) is 14.4. The van der Waals surface area contributed by atoms with E-state index in [9.17, 15) is 13.2 Å². The molecule has 1 heterocycles. The van der Waals surface area contributed by atoms with Crippen molar-refractivity contribution in [1.82, 2.24) is 4.31 Å². The van der Waals surface area contributed by atoms with Gasteiger partial charge in [-0.2, -0.15) is 0 Å². The third kappa shape index (κ3) is 5.66. The molecule has 6 heteroatoms. The van der Waals surface area contributed by atoms with Gasteiger partial charge in [0.15, 0.2) is 0 Å². The normalized spacial score (nSPS) is 16.0. The third-order valence-electron chi connectivity index (χ3n) is 7.02. The molecule has 0 saturated carbocycles. The van der Waals surface area contributed by atoms with Crippen LogP contribution in [0.5, 0.6) is 0 Å². The minimum Gasteiger partial charge on any atom is -0.460 e. The molecule has 198 valence electrons. The quantitative estimate of drug-likeness (QED) is 0.231. The van der Waals surface area contributed by atoms with Crippen LogP contribution in [-0.4, -0.2) is 18.7 Å². The Kier molecular flexibility index (Phi) is 7.66. The minimum atomic E-state index is -4.01. The average Bonchev–Trinajstić information content (AvgIpc) is 3.39. The van der Waals surface area contributed by atoms with Crippen molar-refractivity contribution in [3.63, 3.8) is 0 Å². The number of aryl methyl sites for hydroxylation is 2. The van der Waals surface area contributed by atoms with Gasteiger partial charge in [0.1, 0.15) is 12.5 Å². The van der Waals surface area contributed by atoms with Crippen LogP contribution in [0.1, 0.15) is 46.2 Å². The summed E-state index contributed by atoms with van der Waals surface area (Å²) >= 11 is 0. The molecule has 4 aromatic carbocycles. The van der Waals surface area contributed by atoms with Gasteiger partial charge in [0.2, 0.25) is 0 Å². The third-order valence-corrected chi connectivity index (χ3v) is 8.87. The van der Waals surface area contributed by atoms with E-state index in [1.807, 2.05) is 105 Å². The second kappa shape index (κ2) is 11.3. The summed E-state index contributed by atoms with van der Waals surface area (Å²) in [6, 6.07) is 32.9. The highest BCUT2D eigenvalue weighted by Crippen LogP contribution is 2.45. The molecule has 0 N–H and O–H groups in total. The number of hydrogen-bond acceptors (Lipinski definition) is 4. The van der Waals surface area contributed by atoms with E-state index in [-0.39, 0.29) is 11.5 Å². The standard InChI is InChI=1S/C33H31NO4S/c1-24-13-17-27(18-14-24)30-21-22-31(34(30)39(36,37)29-19-15-25(2)16-20-29)32(28-11-7-4-8-12-28)33(35)38-23-26-9-5-3-6-10-26/h3-20,22,30,32H,21,23H2,1-2H3/t30-,32-/m0/s1. The zero-order valence-corrected chi connectivity index (χ0v) is 22.8. The van der Waals surface area contributed by atoms with Crippen molar-refractivity contribution in [2.75, 3.05) is 0 Å². The average molecular weight is 538 g/mol. The fourth-order valence-electron chi connectivity index (χ4n) is 4.92. The highest BCUT2D eigenvalue weighted by atomic mass is 32.2. The fraction of sp³-hybridized carbons (Fsp3) is 0.182. The molecule has 5 nitrogen and oxygen atoms in total. The van der Waals surface area contributed by atoms with Crippen molar-refractivity contribution in [2.24, 2.45) is 0 Å². The van der Waals surface area contributed by atoms with Crippen LogP contribution < -0.4 is 0 Å². The summed E-state index contributed by atoms with van der Waals surface area (Å²) in [5.74, 6) is -1.41. The summed E-state index contributed by atoms with van der Waals surface area (Å²) < 4.78 is 35.8. The summed E-state index contributed by atoms with van der Waals surface area (Å²) in [5.41, 5.74) is 4.87. The number of hydrogen-bond donors (Lipinski definition) is 0. The Labute approximate surface area is 230 Å². The lowest BCUT2D eigenvalue weighted by atomic mass is 9.96. The van der Waals surface area contributed by atoms with Crippen LogP contribution in [0, 0.1) is 13.8 Å².